The van der Waals surface area contributed by atoms with E-state index in [4.69, 9.17) is 14.2 Å². The highest BCUT2D eigenvalue weighted by atomic mass is 16.7. The monoisotopic (exact) mass is 1070 g/mol. The summed E-state index contributed by atoms with van der Waals surface area (Å²) in [6.07, 6.45) is 56.5. The van der Waals surface area contributed by atoms with Crippen molar-refractivity contribution in [2.24, 2.45) is 0 Å². The molecule has 1 aliphatic rings. The maximum atomic E-state index is 13.4. The number of aliphatic hydroxyl groups excluding tert-OH is 5. The summed E-state index contributed by atoms with van der Waals surface area (Å²) in [5.74, 6) is -1.20. The molecule has 1 fully saturated rings. The molecule has 11 heteroatoms. The van der Waals surface area contributed by atoms with Crippen molar-refractivity contribution < 1.29 is 49.3 Å². The Morgan fingerprint density at radius 2 is 0.947 bits per heavy atom. The van der Waals surface area contributed by atoms with E-state index < -0.39 is 67.4 Å². The number of esters is 1. The number of hydrogen-bond acceptors (Lipinski definition) is 10. The van der Waals surface area contributed by atoms with Crippen LogP contribution in [0, 0.1) is 0 Å². The highest BCUT2D eigenvalue weighted by Gasteiger charge is 2.47. The molecule has 0 aromatic carbocycles. The number of amides is 1. The van der Waals surface area contributed by atoms with Gasteiger partial charge in [-0.2, -0.15) is 0 Å². The van der Waals surface area contributed by atoms with Gasteiger partial charge in [0.25, 0.3) is 0 Å². The average Bonchev–Trinajstić information content (AvgIpc) is 3.42. The Bertz CT molecular complexity index is 1510. The van der Waals surface area contributed by atoms with Crippen molar-refractivity contribution in [1.82, 2.24) is 5.32 Å². The van der Waals surface area contributed by atoms with Gasteiger partial charge in [-0.3, -0.25) is 9.59 Å². The van der Waals surface area contributed by atoms with Gasteiger partial charge in [-0.15, -0.1) is 0 Å². The van der Waals surface area contributed by atoms with Gasteiger partial charge in [0.05, 0.1) is 25.4 Å². The van der Waals surface area contributed by atoms with Crippen molar-refractivity contribution in [3.63, 3.8) is 0 Å². The minimum Gasteiger partial charge on any atom is -0.454 e. The summed E-state index contributed by atoms with van der Waals surface area (Å²) >= 11 is 0. The van der Waals surface area contributed by atoms with Crippen molar-refractivity contribution in [3.05, 3.63) is 72.9 Å². The zero-order chi connectivity index (χ0) is 55.4. The molecule has 0 radical (unpaired) electrons. The van der Waals surface area contributed by atoms with Crippen LogP contribution in [0.3, 0.4) is 0 Å². The summed E-state index contributed by atoms with van der Waals surface area (Å²) in [6, 6.07) is -1.03. The summed E-state index contributed by atoms with van der Waals surface area (Å²) < 4.78 is 17.6. The van der Waals surface area contributed by atoms with E-state index in [2.05, 4.69) is 86.8 Å². The van der Waals surface area contributed by atoms with Gasteiger partial charge in [0.1, 0.15) is 24.4 Å². The van der Waals surface area contributed by atoms with E-state index in [1.807, 2.05) is 6.08 Å². The number of rotatable bonds is 52. The summed E-state index contributed by atoms with van der Waals surface area (Å²) in [4.78, 5) is 26.5. The van der Waals surface area contributed by atoms with Crippen LogP contribution in [0.2, 0.25) is 0 Å². The van der Waals surface area contributed by atoms with Gasteiger partial charge in [0.2, 0.25) is 5.91 Å². The number of unbranched alkanes of at least 4 members (excludes halogenated alkanes) is 28. The first-order chi connectivity index (χ1) is 37.2. The maximum absolute atomic E-state index is 13.4. The van der Waals surface area contributed by atoms with Gasteiger partial charge >= 0.3 is 5.97 Å². The van der Waals surface area contributed by atoms with Crippen LogP contribution in [-0.4, -0.2) is 99.6 Å². The first-order valence-electron chi connectivity index (χ1n) is 31.2. The minimum absolute atomic E-state index is 0.109. The van der Waals surface area contributed by atoms with Crippen LogP contribution in [0.15, 0.2) is 72.9 Å². The summed E-state index contributed by atoms with van der Waals surface area (Å²) in [7, 11) is 0. The fourth-order valence-corrected chi connectivity index (χ4v) is 9.44. The number of carbonyl (C=O) groups excluding carboxylic acids is 2. The molecule has 0 spiro atoms. The highest BCUT2D eigenvalue weighted by molar-refractivity contribution is 5.80. The van der Waals surface area contributed by atoms with E-state index in [1.165, 1.54) is 103 Å². The first-order valence-corrected chi connectivity index (χ1v) is 31.2. The highest BCUT2D eigenvalue weighted by Crippen LogP contribution is 2.26. The second-order valence-corrected chi connectivity index (χ2v) is 21.4. The third-order valence-electron chi connectivity index (χ3n) is 14.4. The van der Waals surface area contributed by atoms with Gasteiger partial charge < -0.3 is 45.1 Å². The lowest BCUT2D eigenvalue weighted by atomic mass is 9.99. The van der Waals surface area contributed by atoms with Crippen molar-refractivity contribution >= 4 is 11.9 Å². The molecular weight excluding hydrogens is 955 g/mol. The minimum atomic E-state index is -1.62. The summed E-state index contributed by atoms with van der Waals surface area (Å²) in [5, 5.41) is 56.9. The Morgan fingerprint density at radius 3 is 1.42 bits per heavy atom. The van der Waals surface area contributed by atoms with Gasteiger partial charge in [0.15, 0.2) is 12.4 Å². The van der Waals surface area contributed by atoms with Gasteiger partial charge in [0, 0.05) is 6.42 Å². The van der Waals surface area contributed by atoms with E-state index in [0.29, 0.717) is 19.3 Å². The Morgan fingerprint density at radius 1 is 0.526 bits per heavy atom. The molecule has 11 nitrogen and oxygen atoms in total. The standard InChI is InChI=1S/C65H115NO10/c1-4-7-10-13-16-19-22-25-26-27-28-29-30-31-32-33-34-35-38-41-44-47-50-53-60(70)76-63-62(72)61(71)59(54-67)75-65(63)74-55-56(57(68)51-48-45-42-39-36-23-20-17-14-11-8-5-2)66-64(73)58(69)52-49-46-43-40-37-24-21-18-15-12-9-6-3/h7,10,16,19,25-26,28-29,31-32,48,51,56-59,61-63,65,67-69,71-72H,4-6,8-9,11-15,17-18,20-24,27,30,33-47,49-50,52-55H2,1-3H3,(H,66,73)/b10-7-,19-16-,26-25-,29-28-,32-31-,51-48+. The largest absolute Gasteiger partial charge is 0.454 e. The number of ether oxygens (including phenoxy) is 3. The molecule has 0 aromatic rings. The molecule has 1 amide bonds. The fraction of sp³-hybridized carbons (Fsp3) is 0.785. The fourth-order valence-electron chi connectivity index (χ4n) is 9.44. The molecular formula is C65H115NO10. The van der Waals surface area contributed by atoms with Crippen molar-refractivity contribution in [2.45, 2.75) is 314 Å². The molecule has 8 atom stereocenters. The quantitative estimate of drug-likeness (QED) is 0.0195. The van der Waals surface area contributed by atoms with Gasteiger partial charge in [-0.25, -0.2) is 0 Å². The number of allylic oxidation sites excluding steroid dienone is 11. The topological polar surface area (TPSA) is 175 Å². The normalized spacial score (nSPS) is 19.6. The van der Waals surface area contributed by atoms with Crippen LogP contribution >= 0.6 is 0 Å². The molecule has 0 saturated carbocycles. The van der Waals surface area contributed by atoms with Crippen LogP contribution in [0.25, 0.3) is 0 Å². The van der Waals surface area contributed by atoms with Crippen LogP contribution in [0.1, 0.15) is 265 Å². The van der Waals surface area contributed by atoms with Crippen molar-refractivity contribution in [2.75, 3.05) is 13.2 Å². The summed E-state index contributed by atoms with van der Waals surface area (Å²) in [6.45, 7) is 5.66. The van der Waals surface area contributed by atoms with Crippen molar-refractivity contribution in [1.29, 1.82) is 0 Å². The molecule has 0 aliphatic carbocycles. The third-order valence-corrected chi connectivity index (χ3v) is 14.4. The van der Waals surface area contributed by atoms with E-state index in [0.717, 1.165) is 116 Å². The second-order valence-electron chi connectivity index (χ2n) is 21.4. The summed E-state index contributed by atoms with van der Waals surface area (Å²) in [5.41, 5.74) is 0. The molecule has 1 aliphatic heterocycles. The Balaban J connectivity index is 2.64. The molecule has 6 N–H and O–H groups in total. The maximum Gasteiger partial charge on any atom is 0.306 e. The van der Waals surface area contributed by atoms with Crippen LogP contribution < -0.4 is 5.32 Å². The van der Waals surface area contributed by atoms with Crippen LogP contribution in [0.4, 0.5) is 0 Å². The average molecular weight is 1070 g/mol. The lowest BCUT2D eigenvalue weighted by Crippen LogP contribution is -2.61. The predicted molar refractivity (Wildman–Crippen MR) is 315 cm³/mol. The lowest BCUT2D eigenvalue weighted by molar-refractivity contribution is -0.305. The number of carbonyl (C=O) groups is 2. The molecule has 440 valence electrons. The zero-order valence-corrected chi connectivity index (χ0v) is 48.6. The zero-order valence-electron chi connectivity index (χ0n) is 48.6. The van der Waals surface area contributed by atoms with E-state index in [9.17, 15) is 35.1 Å². The lowest BCUT2D eigenvalue weighted by Gasteiger charge is -2.41. The molecule has 1 saturated heterocycles. The van der Waals surface area contributed by atoms with Crippen LogP contribution in [-0.2, 0) is 23.8 Å². The molecule has 0 bridgehead atoms. The third kappa shape index (κ3) is 40.3. The predicted octanol–water partition coefficient (Wildman–Crippen LogP) is 14.8. The molecule has 76 heavy (non-hydrogen) atoms. The second kappa shape index (κ2) is 52.8. The molecule has 1 heterocycles. The van der Waals surface area contributed by atoms with E-state index >= 15 is 0 Å². The SMILES string of the molecule is CC/C=C\C/C=C\C/C=C\C/C=C\C/C=C\CCCCCCCCCC(=O)OC1C(OCC(NC(=O)C(O)CCCCCCCCCCCCCC)C(O)/C=C/CCCCCCCCCCCC)OC(CO)C(O)C1O. The Labute approximate surface area is 464 Å². The number of aliphatic hydroxyl groups is 5. The number of nitrogens with one attached hydrogen (secondary N) is 1. The van der Waals surface area contributed by atoms with Crippen LogP contribution in [0.5, 0.6) is 0 Å². The number of hydrogen-bond donors (Lipinski definition) is 6. The van der Waals surface area contributed by atoms with E-state index in [1.54, 1.807) is 6.08 Å². The van der Waals surface area contributed by atoms with Gasteiger partial charge in [-0.05, 0) is 70.6 Å². The van der Waals surface area contributed by atoms with Crippen molar-refractivity contribution in [3.8, 4) is 0 Å². The molecule has 1 rings (SSSR count). The van der Waals surface area contributed by atoms with E-state index in [-0.39, 0.29) is 13.0 Å². The first kappa shape index (κ1) is 71.1. The molecule has 0 aromatic heterocycles. The smallest absolute Gasteiger partial charge is 0.306 e. The van der Waals surface area contributed by atoms with Gasteiger partial charge in [-0.1, -0.05) is 261 Å². The Hall–Kier alpha value is -2.90. The Kier molecular flexibility index (Phi) is 49.4. The molecule has 8 unspecified atom stereocenters.